The molecular formula is C11H18N2O2S. The minimum absolute atomic E-state index is 0.224. The molecule has 1 aromatic heterocycles. The Morgan fingerprint density at radius 2 is 2.12 bits per heavy atom. The van der Waals surface area contributed by atoms with Crippen molar-refractivity contribution in [3.8, 4) is 0 Å². The van der Waals surface area contributed by atoms with Crippen molar-refractivity contribution < 1.29 is 8.42 Å². The van der Waals surface area contributed by atoms with Gasteiger partial charge in [-0.15, -0.1) is 0 Å². The molecule has 0 spiro atoms. The van der Waals surface area contributed by atoms with E-state index in [0.29, 0.717) is 12.2 Å². The second-order valence-corrected chi connectivity index (χ2v) is 6.21. The Hall–Kier alpha value is -1.10. The van der Waals surface area contributed by atoms with E-state index in [4.69, 9.17) is 5.73 Å². The summed E-state index contributed by atoms with van der Waals surface area (Å²) in [6, 6.07) is 3.77. The molecule has 1 rings (SSSR count). The zero-order chi connectivity index (χ0) is 12.0. The van der Waals surface area contributed by atoms with E-state index >= 15 is 0 Å². The standard InChI is InChI=1S/C11H18N2O2S/c1-2-16(14,15)9-4-3-6-10-7-5-8-13-11(10)12/h5,7-8H,2-4,6,9H2,1H3,(H2,12,13). The minimum Gasteiger partial charge on any atom is -0.383 e. The number of hydrogen-bond acceptors (Lipinski definition) is 4. The molecule has 1 heterocycles. The van der Waals surface area contributed by atoms with E-state index in [1.54, 1.807) is 13.1 Å². The van der Waals surface area contributed by atoms with Crippen LogP contribution in [0.2, 0.25) is 0 Å². The van der Waals surface area contributed by atoms with Gasteiger partial charge in [-0.3, -0.25) is 0 Å². The van der Waals surface area contributed by atoms with Gasteiger partial charge in [0.05, 0.1) is 5.75 Å². The van der Waals surface area contributed by atoms with Crippen LogP contribution in [0.25, 0.3) is 0 Å². The van der Waals surface area contributed by atoms with Gasteiger partial charge in [-0.05, 0) is 30.9 Å². The van der Waals surface area contributed by atoms with E-state index in [1.807, 2.05) is 12.1 Å². The van der Waals surface area contributed by atoms with Crippen LogP contribution < -0.4 is 5.73 Å². The summed E-state index contributed by atoms with van der Waals surface area (Å²) in [4.78, 5) is 3.98. The fourth-order valence-corrected chi connectivity index (χ4v) is 2.38. The Labute approximate surface area is 96.8 Å². The van der Waals surface area contributed by atoms with Crippen LogP contribution in [0.15, 0.2) is 18.3 Å². The van der Waals surface area contributed by atoms with Gasteiger partial charge in [0.25, 0.3) is 0 Å². The highest BCUT2D eigenvalue weighted by atomic mass is 32.2. The molecule has 0 radical (unpaired) electrons. The summed E-state index contributed by atoms with van der Waals surface area (Å²) in [6.07, 6.45) is 3.96. The Kier molecular flexibility index (Phi) is 4.73. The lowest BCUT2D eigenvalue weighted by molar-refractivity contribution is 0.592. The smallest absolute Gasteiger partial charge is 0.150 e. The van der Waals surface area contributed by atoms with Gasteiger partial charge in [0.15, 0.2) is 0 Å². The maximum Gasteiger partial charge on any atom is 0.150 e. The van der Waals surface area contributed by atoms with Gasteiger partial charge >= 0.3 is 0 Å². The molecule has 0 unspecified atom stereocenters. The van der Waals surface area contributed by atoms with E-state index in [2.05, 4.69) is 4.98 Å². The number of hydrogen-bond donors (Lipinski definition) is 1. The van der Waals surface area contributed by atoms with Crippen molar-refractivity contribution >= 4 is 15.7 Å². The molecule has 16 heavy (non-hydrogen) atoms. The number of sulfone groups is 1. The normalized spacial score (nSPS) is 11.6. The third-order valence-electron chi connectivity index (χ3n) is 2.52. The molecule has 1 aromatic rings. The fraction of sp³-hybridized carbons (Fsp3) is 0.545. The number of aromatic nitrogens is 1. The average molecular weight is 242 g/mol. The summed E-state index contributed by atoms with van der Waals surface area (Å²) in [7, 11) is -2.83. The molecule has 0 fully saturated rings. The molecule has 0 amide bonds. The molecule has 0 saturated carbocycles. The van der Waals surface area contributed by atoms with Gasteiger partial charge in [-0.2, -0.15) is 0 Å². The molecule has 0 aliphatic heterocycles. The Morgan fingerprint density at radius 1 is 1.38 bits per heavy atom. The van der Waals surface area contributed by atoms with Crippen LogP contribution in [0.5, 0.6) is 0 Å². The zero-order valence-corrected chi connectivity index (χ0v) is 10.3. The highest BCUT2D eigenvalue weighted by Gasteiger charge is 2.06. The SMILES string of the molecule is CCS(=O)(=O)CCCCc1cccnc1N. The first kappa shape index (κ1) is 13.0. The molecule has 2 N–H and O–H groups in total. The number of rotatable bonds is 6. The summed E-state index contributed by atoms with van der Waals surface area (Å²) < 4.78 is 22.5. The fourth-order valence-electron chi connectivity index (χ4n) is 1.44. The molecule has 4 nitrogen and oxygen atoms in total. The van der Waals surface area contributed by atoms with E-state index < -0.39 is 9.84 Å². The Bertz CT molecular complexity index is 429. The van der Waals surface area contributed by atoms with Crippen molar-refractivity contribution in [1.29, 1.82) is 0 Å². The number of anilines is 1. The number of nitrogens with two attached hydrogens (primary N) is 1. The second kappa shape index (κ2) is 5.84. The molecule has 0 saturated heterocycles. The minimum atomic E-state index is -2.83. The summed E-state index contributed by atoms with van der Waals surface area (Å²) in [5.74, 6) is 1.03. The average Bonchev–Trinajstić information content (AvgIpc) is 2.27. The Morgan fingerprint density at radius 3 is 2.75 bits per heavy atom. The van der Waals surface area contributed by atoms with Crippen LogP contribution in [0.1, 0.15) is 25.3 Å². The van der Waals surface area contributed by atoms with Crippen LogP contribution in [-0.2, 0) is 16.3 Å². The first-order valence-electron chi connectivity index (χ1n) is 5.45. The van der Waals surface area contributed by atoms with E-state index in [1.165, 1.54) is 0 Å². The van der Waals surface area contributed by atoms with Crippen LogP contribution >= 0.6 is 0 Å². The van der Waals surface area contributed by atoms with Gasteiger partial charge in [0.1, 0.15) is 15.7 Å². The molecule has 0 atom stereocenters. The lowest BCUT2D eigenvalue weighted by Crippen LogP contribution is -2.08. The quantitative estimate of drug-likeness (QED) is 0.766. The Balaban J connectivity index is 2.35. The highest BCUT2D eigenvalue weighted by Crippen LogP contribution is 2.11. The topological polar surface area (TPSA) is 73.0 Å². The predicted octanol–water partition coefficient (Wildman–Crippen LogP) is 1.42. The van der Waals surface area contributed by atoms with Gasteiger partial charge < -0.3 is 5.73 Å². The first-order valence-corrected chi connectivity index (χ1v) is 7.27. The molecule has 0 bridgehead atoms. The summed E-state index contributed by atoms with van der Waals surface area (Å²) in [6.45, 7) is 1.68. The van der Waals surface area contributed by atoms with Crippen LogP contribution in [0.4, 0.5) is 5.82 Å². The van der Waals surface area contributed by atoms with Crippen LogP contribution in [-0.4, -0.2) is 24.9 Å². The lowest BCUT2D eigenvalue weighted by Gasteiger charge is -2.04. The zero-order valence-electron chi connectivity index (χ0n) is 9.52. The molecule has 5 heteroatoms. The van der Waals surface area contributed by atoms with E-state index in [0.717, 1.165) is 18.4 Å². The summed E-state index contributed by atoms with van der Waals surface area (Å²) in [5.41, 5.74) is 6.68. The number of nitrogen functional groups attached to an aromatic ring is 1. The number of aryl methyl sites for hydroxylation is 1. The number of pyridine rings is 1. The van der Waals surface area contributed by atoms with Crippen molar-refractivity contribution in [2.75, 3.05) is 17.2 Å². The molecule has 0 aromatic carbocycles. The maximum absolute atomic E-state index is 11.2. The van der Waals surface area contributed by atoms with Crippen molar-refractivity contribution in [2.24, 2.45) is 0 Å². The number of unbranched alkanes of at least 4 members (excludes halogenated alkanes) is 1. The van der Waals surface area contributed by atoms with Crippen molar-refractivity contribution in [3.63, 3.8) is 0 Å². The van der Waals surface area contributed by atoms with Gasteiger partial charge in [0, 0.05) is 11.9 Å². The van der Waals surface area contributed by atoms with Gasteiger partial charge in [-0.1, -0.05) is 13.0 Å². The van der Waals surface area contributed by atoms with Crippen LogP contribution in [0, 0.1) is 0 Å². The molecule has 0 aliphatic carbocycles. The highest BCUT2D eigenvalue weighted by molar-refractivity contribution is 7.91. The third kappa shape index (κ3) is 4.18. The molecule has 0 aliphatic rings. The maximum atomic E-state index is 11.2. The lowest BCUT2D eigenvalue weighted by atomic mass is 10.1. The monoisotopic (exact) mass is 242 g/mol. The van der Waals surface area contributed by atoms with Crippen molar-refractivity contribution in [2.45, 2.75) is 26.2 Å². The predicted molar refractivity (Wildman–Crippen MR) is 65.9 cm³/mol. The largest absolute Gasteiger partial charge is 0.383 e. The second-order valence-electron chi connectivity index (χ2n) is 3.74. The third-order valence-corrected chi connectivity index (χ3v) is 4.31. The van der Waals surface area contributed by atoms with Crippen molar-refractivity contribution in [1.82, 2.24) is 4.98 Å². The van der Waals surface area contributed by atoms with Crippen LogP contribution in [0.3, 0.4) is 0 Å². The van der Waals surface area contributed by atoms with Gasteiger partial charge in [0.2, 0.25) is 0 Å². The van der Waals surface area contributed by atoms with Crippen molar-refractivity contribution in [3.05, 3.63) is 23.9 Å². The van der Waals surface area contributed by atoms with E-state index in [9.17, 15) is 8.42 Å². The first-order chi connectivity index (χ1) is 7.55. The van der Waals surface area contributed by atoms with Gasteiger partial charge in [-0.25, -0.2) is 13.4 Å². The summed E-state index contributed by atoms with van der Waals surface area (Å²) in [5, 5.41) is 0. The number of nitrogens with zero attached hydrogens (tertiary/aromatic N) is 1. The van der Waals surface area contributed by atoms with E-state index in [-0.39, 0.29) is 11.5 Å². The molecular weight excluding hydrogens is 224 g/mol. The molecule has 90 valence electrons. The summed E-state index contributed by atoms with van der Waals surface area (Å²) >= 11 is 0.